The fourth-order valence-corrected chi connectivity index (χ4v) is 1.60. The van der Waals surface area contributed by atoms with Crippen LogP contribution in [0.15, 0.2) is 42.6 Å². The van der Waals surface area contributed by atoms with E-state index in [1.807, 2.05) is 55.6 Å². The van der Waals surface area contributed by atoms with Gasteiger partial charge in [-0.2, -0.15) is 5.26 Å². The highest BCUT2D eigenvalue weighted by molar-refractivity contribution is 5.42. The number of benzene rings is 1. The first kappa shape index (κ1) is 12.9. The van der Waals surface area contributed by atoms with Crippen molar-refractivity contribution in [3.05, 3.63) is 53.9 Å². The zero-order valence-corrected chi connectivity index (χ0v) is 10.8. The molecule has 0 aliphatic rings. The maximum absolute atomic E-state index is 8.42. The molecule has 0 saturated carbocycles. The van der Waals surface area contributed by atoms with Crippen LogP contribution in [0.25, 0.3) is 0 Å². The van der Waals surface area contributed by atoms with Crippen molar-refractivity contribution in [1.29, 1.82) is 5.26 Å². The van der Waals surface area contributed by atoms with Crippen LogP contribution in [-0.2, 0) is 6.54 Å². The molecule has 1 N–H and O–H groups in total. The summed E-state index contributed by atoms with van der Waals surface area (Å²) in [5.41, 5.74) is 3.14. The molecular formula is C15H15N3O. The molecule has 1 heterocycles. The lowest BCUT2D eigenvalue weighted by atomic mass is 10.2. The second-order valence-electron chi connectivity index (χ2n) is 4.13. The SMILES string of the molecule is Cc1ccc(NCc2ccc(OCC#N)cc2)cn1. The Morgan fingerprint density at radius 1 is 1.21 bits per heavy atom. The summed E-state index contributed by atoms with van der Waals surface area (Å²) >= 11 is 0. The van der Waals surface area contributed by atoms with Crippen LogP contribution in [0.2, 0.25) is 0 Å². The van der Waals surface area contributed by atoms with Gasteiger partial charge in [0.1, 0.15) is 11.8 Å². The van der Waals surface area contributed by atoms with Gasteiger partial charge in [-0.05, 0) is 36.8 Å². The zero-order chi connectivity index (χ0) is 13.5. The lowest BCUT2D eigenvalue weighted by Gasteiger charge is -2.07. The molecule has 0 unspecified atom stereocenters. The molecular weight excluding hydrogens is 238 g/mol. The number of hydrogen-bond acceptors (Lipinski definition) is 4. The Labute approximate surface area is 112 Å². The molecule has 0 fully saturated rings. The molecule has 19 heavy (non-hydrogen) atoms. The van der Waals surface area contributed by atoms with Gasteiger partial charge in [0.15, 0.2) is 6.61 Å². The Balaban J connectivity index is 1.89. The van der Waals surface area contributed by atoms with Crippen LogP contribution < -0.4 is 10.1 Å². The molecule has 2 rings (SSSR count). The van der Waals surface area contributed by atoms with Crippen LogP contribution in [0.1, 0.15) is 11.3 Å². The van der Waals surface area contributed by atoms with E-state index in [2.05, 4.69) is 10.3 Å². The lowest BCUT2D eigenvalue weighted by Crippen LogP contribution is -2.00. The lowest BCUT2D eigenvalue weighted by molar-refractivity contribution is 0.368. The quantitative estimate of drug-likeness (QED) is 0.890. The van der Waals surface area contributed by atoms with Gasteiger partial charge in [0.2, 0.25) is 0 Å². The van der Waals surface area contributed by atoms with Crippen LogP contribution in [0, 0.1) is 18.3 Å². The third kappa shape index (κ3) is 4.00. The first-order valence-electron chi connectivity index (χ1n) is 6.03. The Morgan fingerprint density at radius 3 is 2.63 bits per heavy atom. The predicted octanol–water partition coefficient (Wildman–Crippen LogP) is 2.90. The molecule has 0 radical (unpaired) electrons. The number of aryl methyl sites for hydroxylation is 1. The van der Waals surface area contributed by atoms with Crippen LogP contribution in [0.4, 0.5) is 5.69 Å². The summed E-state index contributed by atoms with van der Waals surface area (Å²) in [6, 6.07) is 13.6. The van der Waals surface area contributed by atoms with Gasteiger partial charge in [-0.25, -0.2) is 0 Å². The van der Waals surface area contributed by atoms with E-state index in [4.69, 9.17) is 10.00 Å². The molecule has 0 spiro atoms. The highest BCUT2D eigenvalue weighted by Gasteiger charge is 1.97. The number of anilines is 1. The first-order valence-corrected chi connectivity index (χ1v) is 6.03. The van der Waals surface area contributed by atoms with E-state index in [-0.39, 0.29) is 6.61 Å². The van der Waals surface area contributed by atoms with Gasteiger partial charge in [0.05, 0.1) is 11.9 Å². The largest absolute Gasteiger partial charge is 0.479 e. The average Bonchev–Trinajstić information content (AvgIpc) is 2.46. The van der Waals surface area contributed by atoms with Crippen LogP contribution in [0.5, 0.6) is 5.75 Å². The number of nitrogens with one attached hydrogen (secondary N) is 1. The van der Waals surface area contributed by atoms with Gasteiger partial charge in [-0.15, -0.1) is 0 Å². The molecule has 4 heteroatoms. The fourth-order valence-electron chi connectivity index (χ4n) is 1.60. The highest BCUT2D eigenvalue weighted by Crippen LogP contribution is 2.13. The number of nitriles is 1. The van der Waals surface area contributed by atoms with Crippen molar-refractivity contribution in [2.75, 3.05) is 11.9 Å². The fraction of sp³-hybridized carbons (Fsp3) is 0.200. The van der Waals surface area contributed by atoms with Crippen LogP contribution in [0.3, 0.4) is 0 Å². The molecule has 0 amide bonds. The van der Waals surface area contributed by atoms with Crippen molar-refractivity contribution >= 4 is 5.69 Å². The number of aromatic nitrogens is 1. The summed E-state index contributed by atoms with van der Waals surface area (Å²) in [6.45, 7) is 2.76. The van der Waals surface area contributed by atoms with E-state index >= 15 is 0 Å². The number of nitrogens with zero attached hydrogens (tertiary/aromatic N) is 2. The molecule has 0 aliphatic heterocycles. The second kappa shape index (κ2) is 6.41. The summed E-state index contributed by atoms with van der Waals surface area (Å²) in [5, 5.41) is 11.7. The van der Waals surface area contributed by atoms with Gasteiger partial charge in [-0.1, -0.05) is 12.1 Å². The molecule has 1 aromatic heterocycles. The summed E-state index contributed by atoms with van der Waals surface area (Å²) in [4.78, 5) is 4.23. The molecule has 0 bridgehead atoms. The van der Waals surface area contributed by atoms with Gasteiger partial charge in [-0.3, -0.25) is 4.98 Å². The van der Waals surface area contributed by atoms with Gasteiger partial charge in [0, 0.05) is 12.2 Å². The average molecular weight is 253 g/mol. The number of pyridine rings is 1. The minimum Gasteiger partial charge on any atom is -0.479 e. The van der Waals surface area contributed by atoms with E-state index in [0.717, 1.165) is 23.5 Å². The highest BCUT2D eigenvalue weighted by atomic mass is 16.5. The monoisotopic (exact) mass is 253 g/mol. The van der Waals surface area contributed by atoms with Gasteiger partial charge >= 0.3 is 0 Å². The molecule has 96 valence electrons. The van der Waals surface area contributed by atoms with Crippen molar-refractivity contribution < 1.29 is 4.74 Å². The molecule has 2 aromatic rings. The molecule has 0 atom stereocenters. The Kier molecular flexibility index (Phi) is 4.35. The van der Waals surface area contributed by atoms with E-state index < -0.39 is 0 Å². The topological polar surface area (TPSA) is 57.9 Å². The zero-order valence-electron chi connectivity index (χ0n) is 10.8. The minimum atomic E-state index is 0.0760. The third-order valence-corrected chi connectivity index (χ3v) is 2.63. The molecule has 1 aromatic carbocycles. The van der Waals surface area contributed by atoms with Crippen molar-refractivity contribution in [3.63, 3.8) is 0 Å². The maximum Gasteiger partial charge on any atom is 0.174 e. The molecule has 4 nitrogen and oxygen atoms in total. The third-order valence-electron chi connectivity index (χ3n) is 2.63. The van der Waals surface area contributed by atoms with Crippen molar-refractivity contribution in [2.45, 2.75) is 13.5 Å². The Bertz CT molecular complexity index is 555. The normalized spacial score (nSPS) is 9.68. The van der Waals surface area contributed by atoms with Gasteiger partial charge < -0.3 is 10.1 Å². The van der Waals surface area contributed by atoms with Crippen LogP contribution in [-0.4, -0.2) is 11.6 Å². The Morgan fingerprint density at radius 2 is 2.00 bits per heavy atom. The first-order chi connectivity index (χ1) is 9.28. The predicted molar refractivity (Wildman–Crippen MR) is 73.9 cm³/mol. The van der Waals surface area contributed by atoms with Crippen molar-refractivity contribution in [3.8, 4) is 11.8 Å². The maximum atomic E-state index is 8.42. The smallest absolute Gasteiger partial charge is 0.174 e. The van der Waals surface area contributed by atoms with Crippen molar-refractivity contribution in [2.24, 2.45) is 0 Å². The van der Waals surface area contributed by atoms with E-state index in [0.29, 0.717) is 5.75 Å². The summed E-state index contributed by atoms with van der Waals surface area (Å²) in [5.74, 6) is 0.710. The molecule has 0 saturated heterocycles. The Hall–Kier alpha value is -2.54. The number of ether oxygens (including phenoxy) is 1. The van der Waals surface area contributed by atoms with Gasteiger partial charge in [0.25, 0.3) is 0 Å². The second-order valence-corrected chi connectivity index (χ2v) is 4.13. The number of rotatable bonds is 5. The molecule has 0 aliphatic carbocycles. The van der Waals surface area contributed by atoms with E-state index in [1.165, 1.54) is 0 Å². The van der Waals surface area contributed by atoms with Crippen LogP contribution >= 0.6 is 0 Å². The van der Waals surface area contributed by atoms with E-state index in [1.54, 1.807) is 0 Å². The standard InChI is InChI=1S/C15H15N3O/c1-12-2-5-14(11-17-12)18-10-13-3-6-15(7-4-13)19-9-8-16/h2-7,11,18H,9-10H2,1H3. The summed E-state index contributed by atoms with van der Waals surface area (Å²) in [7, 11) is 0. The van der Waals surface area contributed by atoms with E-state index in [9.17, 15) is 0 Å². The summed E-state index contributed by atoms with van der Waals surface area (Å²) < 4.78 is 5.19. The van der Waals surface area contributed by atoms with Crippen molar-refractivity contribution in [1.82, 2.24) is 4.98 Å². The summed E-state index contributed by atoms with van der Waals surface area (Å²) in [6.07, 6.45) is 1.82. The number of hydrogen-bond donors (Lipinski definition) is 1. The minimum absolute atomic E-state index is 0.0760.